The molecule has 4 aromatic carbocycles. The molecule has 0 aliphatic heterocycles. The SMILES string of the molecule is N#Cc1ccc(-c2nc(-c3ccc(C#N)cc3)nc(-c3ccc(-c4ccccc4)cc3)n2)cc1. The monoisotopic (exact) mass is 435 g/mol. The van der Waals surface area contributed by atoms with Crippen LogP contribution in [-0.4, -0.2) is 15.0 Å². The van der Waals surface area contributed by atoms with Gasteiger partial charge in [-0.25, -0.2) is 15.0 Å². The van der Waals surface area contributed by atoms with Crippen molar-refractivity contribution in [3.05, 3.63) is 114 Å². The summed E-state index contributed by atoms with van der Waals surface area (Å²) >= 11 is 0. The van der Waals surface area contributed by atoms with Crippen LogP contribution in [0.15, 0.2) is 103 Å². The van der Waals surface area contributed by atoms with E-state index in [0.29, 0.717) is 28.6 Å². The summed E-state index contributed by atoms with van der Waals surface area (Å²) in [5, 5.41) is 18.2. The Bertz CT molecular complexity index is 1450. The standard InChI is InChI=1S/C29H17N5/c30-18-20-6-10-24(11-7-20)27-32-28(25-12-8-21(19-31)9-13-25)34-29(33-27)26-16-14-23(15-17-26)22-4-2-1-3-5-22/h1-17H. The molecule has 0 spiro atoms. The number of nitrogens with zero attached hydrogens (tertiary/aromatic N) is 5. The van der Waals surface area contributed by atoms with Crippen LogP contribution in [0, 0.1) is 22.7 Å². The van der Waals surface area contributed by atoms with Gasteiger partial charge in [0.2, 0.25) is 0 Å². The molecule has 5 nitrogen and oxygen atoms in total. The number of hydrogen-bond donors (Lipinski definition) is 0. The zero-order valence-corrected chi connectivity index (χ0v) is 18.1. The van der Waals surface area contributed by atoms with Gasteiger partial charge < -0.3 is 0 Å². The van der Waals surface area contributed by atoms with E-state index in [4.69, 9.17) is 20.5 Å². The smallest absolute Gasteiger partial charge is 0.164 e. The van der Waals surface area contributed by atoms with E-state index in [0.717, 1.165) is 27.8 Å². The fraction of sp³-hybridized carbons (Fsp3) is 0. The first-order valence-corrected chi connectivity index (χ1v) is 10.7. The Hall–Kier alpha value is -5.13. The van der Waals surface area contributed by atoms with E-state index in [1.165, 1.54) is 0 Å². The van der Waals surface area contributed by atoms with Crippen LogP contribution in [0.2, 0.25) is 0 Å². The fourth-order valence-corrected chi connectivity index (χ4v) is 3.59. The maximum atomic E-state index is 9.12. The van der Waals surface area contributed by atoms with E-state index >= 15 is 0 Å². The largest absolute Gasteiger partial charge is 0.208 e. The minimum absolute atomic E-state index is 0.515. The van der Waals surface area contributed by atoms with Crippen molar-refractivity contribution in [2.75, 3.05) is 0 Å². The minimum Gasteiger partial charge on any atom is -0.208 e. The van der Waals surface area contributed by atoms with E-state index < -0.39 is 0 Å². The quantitative estimate of drug-likeness (QED) is 0.331. The summed E-state index contributed by atoms with van der Waals surface area (Å²) in [7, 11) is 0. The molecule has 0 radical (unpaired) electrons. The second-order valence-corrected chi connectivity index (χ2v) is 7.63. The van der Waals surface area contributed by atoms with Crippen molar-refractivity contribution < 1.29 is 0 Å². The van der Waals surface area contributed by atoms with E-state index in [9.17, 15) is 0 Å². The van der Waals surface area contributed by atoms with Crippen LogP contribution in [0.25, 0.3) is 45.3 Å². The van der Waals surface area contributed by atoms with Crippen molar-refractivity contribution in [2.45, 2.75) is 0 Å². The average molecular weight is 435 g/mol. The van der Waals surface area contributed by atoms with Crippen molar-refractivity contribution in [1.29, 1.82) is 10.5 Å². The van der Waals surface area contributed by atoms with Crippen LogP contribution in [0.5, 0.6) is 0 Å². The molecule has 5 heteroatoms. The lowest BCUT2D eigenvalue weighted by Gasteiger charge is -2.09. The van der Waals surface area contributed by atoms with Gasteiger partial charge in [0, 0.05) is 16.7 Å². The number of hydrogen-bond acceptors (Lipinski definition) is 5. The molecule has 0 fully saturated rings. The molecule has 0 amide bonds. The summed E-state index contributed by atoms with van der Waals surface area (Å²) in [5.41, 5.74) is 5.84. The highest BCUT2D eigenvalue weighted by atomic mass is 15.0. The lowest BCUT2D eigenvalue weighted by molar-refractivity contribution is 1.07. The average Bonchev–Trinajstić information content (AvgIpc) is 2.93. The van der Waals surface area contributed by atoms with Crippen molar-refractivity contribution in [3.8, 4) is 57.4 Å². The highest BCUT2D eigenvalue weighted by Crippen LogP contribution is 2.27. The molecule has 1 aromatic heterocycles. The van der Waals surface area contributed by atoms with Gasteiger partial charge in [0.1, 0.15) is 0 Å². The van der Waals surface area contributed by atoms with Gasteiger partial charge in [-0.05, 0) is 59.7 Å². The number of benzene rings is 4. The van der Waals surface area contributed by atoms with Crippen LogP contribution in [-0.2, 0) is 0 Å². The summed E-state index contributed by atoms with van der Waals surface area (Å²) in [6.07, 6.45) is 0. The molecule has 1 heterocycles. The van der Waals surface area contributed by atoms with Gasteiger partial charge in [-0.15, -0.1) is 0 Å². The van der Waals surface area contributed by atoms with Crippen LogP contribution < -0.4 is 0 Å². The van der Waals surface area contributed by atoms with E-state index in [-0.39, 0.29) is 0 Å². The van der Waals surface area contributed by atoms with Crippen LogP contribution >= 0.6 is 0 Å². The van der Waals surface area contributed by atoms with Crippen molar-refractivity contribution in [1.82, 2.24) is 15.0 Å². The molecule has 0 unspecified atom stereocenters. The summed E-state index contributed by atoms with van der Waals surface area (Å²) < 4.78 is 0. The Morgan fingerprint density at radius 1 is 0.382 bits per heavy atom. The maximum Gasteiger partial charge on any atom is 0.164 e. The molecule has 0 aliphatic rings. The van der Waals surface area contributed by atoms with Gasteiger partial charge in [-0.3, -0.25) is 0 Å². The lowest BCUT2D eigenvalue weighted by Crippen LogP contribution is -2.00. The van der Waals surface area contributed by atoms with Gasteiger partial charge in [0.25, 0.3) is 0 Å². The van der Waals surface area contributed by atoms with Crippen molar-refractivity contribution in [3.63, 3.8) is 0 Å². The fourth-order valence-electron chi connectivity index (χ4n) is 3.59. The zero-order chi connectivity index (χ0) is 23.3. The highest BCUT2D eigenvalue weighted by Gasteiger charge is 2.13. The van der Waals surface area contributed by atoms with Crippen LogP contribution in [0.4, 0.5) is 0 Å². The third-order valence-electron chi connectivity index (χ3n) is 5.43. The molecule has 0 bridgehead atoms. The van der Waals surface area contributed by atoms with Gasteiger partial charge in [-0.1, -0.05) is 54.6 Å². The first-order chi connectivity index (χ1) is 16.7. The number of rotatable bonds is 4. The number of nitriles is 2. The molecular formula is C29H17N5. The highest BCUT2D eigenvalue weighted by molar-refractivity contribution is 5.70. The van der Waals surface area contributed by atoms with Crippen LogP contribution in [0.3, 0.4) is 0 Å². The molecule has 0 atom stereocenters. The summed E-state index contributed by atoms with van der Waals surface area (Å²) in [6.45, 7) is 0. The van der Waals surface area contributed by atoms with Crippen molar-refractivity contribution in [2.24, 2.45) is 0 Å². The molecule has 5 aromatic rings. The van der Waals surface area contributed by atoms with Gasteiger partial charge in [-0.2, -0.15) is 10.5 Å². The normalized spacial score (nSPS) is 10.3. The van der Waals surface area contributed by atoms with E-state index in [1.54, 1.807) is 24.3 Å². The van der Waals surface area contributed by atoms with Gasteiger partial charge >= 0.3 is 0 Å². The Morgan fingerprint density at radius 2 is 0.706 bits per heavy atom. The summed E-state index contributed by atoms with van der Waals surface area (Å²) in [4.78, 5) is 14.2. The topological polar surface area (TPSA) is 86.2 Å². The Labute approximate surface area is 197 Å². The van der Waals surface area contributed by atoms with E-state index in [2.05, 4.69) is 41.4 Å². The third-order valence-corrected chi connectivity index (χ3v) is 5.43. The Balaban J connectivity index is 1.60. The predicted molar refractivity (Wildman–Crippen MR) is 131 cm³/mol. The van der Waals surface area contributed by atoms with Crippen molar-refractivity contribution >= 4 is 0 Å². The second-order valence-electron chi connectivity index (χ2n) is 7.63. The molecule has 5 rings (SSSR count). The third kappa shape index (κ3) is 4.27. The summed E-state index contributed by atoms with van der Waals surface area (Å²) in [5.74, 6) is 1.58. The van der Waals surface area contributed by atoms with Crippen LogP contribution in [0.1, 0.15) is 11.1 Å². The lowest BCUT2D eigenvalue weighted by atomic mass is 10.0. The molecule has 0 saturated carbocycles. The second kappa shape index (κ2) is 9.16. The Kier molecular flexibility index (Phi) is 5.59. The van der Waals surface area contributed by atoms with E-state index in [1.807, 2.05) is 54.6 Å². The van der Waals surface area contributed by atoms with Gasteiger partial charge in [0.05, 0.1) is 23.3 Å². The molecular weight excluding hydrogens is 418 g/mol. The number of aromatic nitrogens is 3. The molecule has 0 saturated heterocycles. The predicted octanol–water partition coefficient (Wildman–Crippen LogP) is 6.28. The first-order valence-electron chi connectivity index (χ1n) is 10.7. The first kappa shape index (κ1) is 20.8. The molecule has 34 heavy (non-hydrogen) atoms. The van der Waals surface area contributed by atoms with Gasteiger partial charge in [0.15, 0.2) is 17.5 Å². The summed E-state index contributed by atoms with van der Waals surface area (Å²) in [6, 6.07) is 36.9. The molecule has 0 N–H and O–H groups in total. The zero-order valence-electron chi connectivity index (χ0n) is 18.1. The Morgan fingerprint density at radius 3 is 1.09 bits per heavy atom. The molecule has 158 valence electrons. The minimum atomic E-state index is 0.515. The molecule has 0 aliphatic carbocycles. The maximum absolute atomic E-state index is 9.12.